The lowest BCUT2D eigenvalue weighted by Gasteiger charge is -2.35. The number of piperazine rings is 1. The Balaban J connectivity index is 1.66. The Labute approximate surface area is 134 Å². The number of carbonyl (C=O) groups is 2. The molecule has 0 radical (unpaired) electrons. The third kappa shape index (κ3) is 3.53. The lowest BCUT2D eigenvalue weighted by Crippen LogP contribution is -2.48. The van der Waals surface area contributed by atoms with Crippen LogP contribution in [0.15, 0.2) is 47.1 Å². The SMILES string of the molecule is CC(=O)N1CCN(c2cccc(NC(=O)c3ccco3)c2)CC1. The number of hydrogen-bond acceptors (Lipinski definition) is 4. The minimum atomic E-state index is -0.270. The Hall–Kier alpha value is -2.76. The van der Waals surface area contributed by atoms with Gasteiger partial charge in [0.05, 0.1) is 6.26 Å². The Morgan fingerprint density at radius 3 is 2.52 bits per heavy atom. The number of furan rings is 1. The zero-order valence-electron chi connectivity index (χ0n) is 13.0. The predicted octanol–water partition coefficient (Wildman–Crippen LogP) is 2.20. The van der Waals surface area contributed by atoms with E-state index in [1.807, 2.05) is 29.2 Å². The number of amides is 2. The van der Waals surface area contributed by atoms with Crippen LogP contribution < -0.4 is 10.2 Å². The molecule has 1 aliphatic rings. The third-order valence-corrected chi connectivity index (χ3v) is 3.94. The first-order chi connectivity index (χ1) is 11.1. The second-order valence-corrected chi connectivity index (χ2v) is 5.47. The molecule has 1 N–H and O–H groups in total. The summed E-state index contributed by atoms with van der Waals surface area (Å²) in [5, 5.41) is 2.83. The van der Waals surface area contributed by atoms with Gasteiger partial charge in [0.25, 0.3) is 5.91 Å². The van der Waals surface area contributed by atoms with Gasteiger partial charge >= 0.3 is 0 Å². The highest BCUT2D eigenvalue weighted by Gasteiger charge is 2.19. The number of carbonyl (C=O) groups excluding carboxylic acids is 2. The highest BCUT2D eigenvalue weighted by Crippen LogP contribution is 2.21. The van der Waals surface area contributed by atoms with Gasteiger partial charge in [-0.1, -0.05) is 6.07 Å². The van der Waals surface area contributed by atoms with Gasteiger partial charge in [0, 0.05) is 44.5 Å². The summed E-state index contributed by atoms with van der Waals surface area (Å²) in [6, 6.07) is 11.0. The molecule has 6 heteroatoms. The van der Waals surface area contributed by atoms with Crippen molar-refractivity contribution in [3.8, 4) is 0 Å². The van der Waals surface area contributed by atoms with E-state index in [2.05, 4.69) is 10.2 Å². The molecule has 2 aromatic rings. The maximum atomic E-state index is 12.0. The average Bonchev–Trinajstić information content (AvgIpc) is 3.10. The fraction of sp³-hybridized carbons (Fsp3) is 0.294. The summed E-state index contributed by atoms with van der Waals surface area (Å²) >= 11 is 0. The molecule has 0 bridgehead atoms. The van der Waals surface area contributed by atoms with Crippen LogP contribution in [0.3, 0.4) is 0 Å². The largest absolute Gasteiger partial charge is 0.459 e. The van der Waals surface area contributed by atoms with Crippen molar-refractivity contribution >= 4 is 23.2 Å². The predicted molar refractivity (Wildman–Crippen MR) is 87.6 cm³/mol. The summed E-state index contributed by atoms with van der Waals surface area (Å²) in [4.78, 5) is 27.5. The zero-order valence-corrected chi connectivity index (χ0v) is 13.0. The van der Waals surface area contributed by atoms with Gasteiger partial charge in [-0.3, -0.25) is 9.59 Å². The van der Waals surface area contributed by atoms with Gasteiger partial charge < -0.3 is 19.5 Å². The van der Waals surface area contributed by atoms with Crippen molar-refractivity contribution in [3.05, 3.63) is 48.4 Å². The molecule has 1 fully saturated rings. The summed E-state index contributed by atoms with van der Waals surface area (Å²) in [7, 11) is 0. The van der Waals surface area contributed by atoms with Crippen molar-refractivity contribution in [3.63, 3.8) is 0 Å². The molecule has 0 unspecified atom stereocenters. The molecule has 23 heavy (non-hydrogen) atoms. The van der Waals surface area contributed by atoms with E-state index >= 15 is 0 Å². The molecule has 2 amide bonds. The van der Waals surface area contributed by atoms with E-state index in [-0.39, 0.29) is 17.6 Å². The van der Waals surface area contributed by atoms with Crippen LogP contribution >= 0.6 is 0 Å². The number of benzene rings is 1. The van der Waals surface area contributed by atoms with Gasteiger partial charge in [0.2, 0.25) is 5.91 Å². The molecule has 1 saturated heterocycles. The Bertz CT molecular complexity index is 689. The second kappa shape index (κ2) is 6.56. The fourth-order valence-corrected chi connectivity index (χ4v) is 2.66. The molecule has 2 heterocycles. The van der Waals surface area contributed by atoms with E-state index in [4.69, 9.17) is 4.42 Å². The summed E-state index contributed by atoms with van der Waals surface area (Å²) in [6.45, 7) is 4.61. The number of anilines is 2. The normalized spacial score (nSPS) is 14.7. The van der Waals surface area contributed by atoms with Crippen molar-refractivity contribution in [1.29, 1.82) is 0 Å². The van der Waals surface area contributed by atoms with Crippen LogP contribution in [-0.2, 0) is 4.79 Å². The summed E-state index contributed by atoms with van der Waals surface area (Å²) in [5.74, 6) is 0.128. The third-order valence-electron chi connectivity index (χ3n) is 3.94. The van der Waals surface area contributed by atoms with E-state index in [0.717, 1.165) is 37.6 Å². The van der Waals surface area contributed by atoms with Crippen LogP contribution in [0.25, 0.3) is 0 Å². The van der Waals surface area contributed by atoms with Gasteiger partial charge in [-0.15, -0.1) is 0 Å². The van der Waals surface area contributed by atoms with Crippen LogP contribution in [0.5, 0.6) is 0 Å². The van der Waals surface area contributed by atoms with Gasteiger partial charge in [-0.05, 0) is 30.3 Å². The van der Waals surface area contributed by atoms with Crippen molar-refractivity contribution in [2.75, 3.05) is 36.4 Å². The van der Waals surface area contributed by atoms with Crippen LogP contribution in [0.2, 0.25) is 0 Å². The fourth-order valence-electron chi connectivity index (χ4n) is 2.66. The van der Waals surface area contributed by atoms with E-state index < -0.39 is 0 Å². The molecule has 1 aromatic carbocycles. The lowest BCUT2D eigenvalue weighted by molar-refractivity contribution is -0.129. The zero-order chi connectivity index (χ0) is 16.2. The molecule has 0 atom stereocenters. The smallest absolute Gasteiger partial charge is 0.291 e. The van der Waals surface area contributed by atoms with Crippen LogP contribution in [0, 0.1) is 0 Å². The van der Waals surface area contributed by atoms with Gasteiger partial charge in [0.1, 0.15) is 0 Å². The van der Waals surface area contributed by atoms with E-state index in [9.17, 15) is 9.59 Å². The van der Waals surface area contributed by atoms with Gasteiger partial charge in [-0.2, -0.15) is 0 Å². The highest BCUT2D eigenvalue weighted by atomic mass is 16.3. The number of nitrogens with zero attached hydrogens (tertiary/aromatic N) is 2. The molecule has 1 aliphatic heterocycles. The quantitative estimate of drug-likeness (QED) is 0.943. The first-order valence-electron chi connectivity index (χ1n) is 7.59. The molecule has 0 aliphatic carbocycles. The molecule has 0 spiro atoms. The Kier molecular flexibility index (Phi) is 4.32. The lowest BCUT2D eigenvalue weighted by atomic mass is 10.2. The highest BCUT2D eigenvalue weighted by molar-refractivity contribution is 6.02. The van der Waals surface area contributed by atoms with Crippen molar-refractivity contribution in [2.24, 2.45) is 0 Å². The molecular formula is C17H19N3O3. The topological polar surface area (TPSA) is 65.8 Å². The minimum absolute atomic E-state index is 0.115. The van der Waals surface area contributed by atoms with E-state index in [1.54, 1.807) is 19.1 Å². The maximum Gasteiger partial charge on any atom is 0.291 e. The first kappa shape index (κ1) is 15.1. The molecule has 6 nitrogen and oxygen atoms in total. The minimum Gasteiger partial charge on any atom is -0.459 e. The second-order valence-electron chi connectivity index (χ2n) is 5.47. The van der Waals surface area contributed by atoms with Crippen LogP contribution in [0.1, 0.15) is 17.5 Å². The number of rotatable bonds is 3. The molecule has 3 rings (SSSR count). The Morgan fingerprint density at radius 2 is 1.87 bits per heavy atom. The molecule has 1 aromatic heterocycles. The maximum absolute atomic E-state index is 12.0. The van der Waals surface area contributed by atoms with Crippen LogP contribution in [0.4, 0.5) is 11.4 Å². The van der Waals surface area contributed by atoms with Crippen molar-refractivity contribution in [2.45, 2.75) is 6.92 Å². The van der Waals surface area contributed by atoms with Gasteiger partial charge in [0.15, 0.2) is 5.76 Å². The number of hydrogen-bond donors (Lipinski definition) is 1. The van der Waals surface area contributed by atoms with Gasteiger partial charge in [-0.25, -0.2) is 0 Å². The van der Waals surface area contributed by atoms with Crippen molar-refractivity contribution < 1.29 is 14.0 Å². The molecule has 120 valence electrons. The first-order valence-corrected chi connectivity index (χ1v) is 7.59. The van der Waals surface area contributed by atoms with E-state index in [0.29, 0.717) is 0 Å². The van der Waals surface area contributed by atoms with Crippen LogP contribution in [-0.4, -0.2) is 42.9 Å². The number of nitrogens with one attached hydrogen (secondary N) is 1. The summed E-state index contributed by atoms with van der Waals surface area (Å²) < 4.78 is 5.09. The summed E-state index contributed by atoms with van der Waals surface area (Å²) in [5.41, 5.74) is 1.75. The van der Waals surface area contributed by atoms with E-state index in [1.165, 1.54) is 6.26 Å². The average molecular weight is 313 g/mol. The van der Waals surface area contributed by atoms with Crippen molar-refractivity contribution in [1.82, 2.24) is 4.90 Å². The monoisotopic (exact) mass is 313 g/mol. The standard InChI is InChI=1S/C17H19N3O3/c1-13(21)19-7-9-20(10-8-19)15-5-2-4-14(12-15)18-17(22)16-6-3-11-23-16/h2-6,11-12H,7-10H2,1H3,(H,18,22). The Morgan fingerprint density at radius 1 is 1.09 bits per heavy atom. The molecule has 0 saturated carbocycles. The molecular weight excluding hydrogens is 294 g/mol. The summed E-state index contributed by atoms with van der Waals surface area (Å²) in [6.07, 6.45) is 1.47.